The van der Waals surface area contributed by atoms with E-state index < -0.39 is 0 Å². The Bertz CT molecular complexity index is 521. The molecule has 2 rings (SSSR count). The van der Waals surface area contributed by atoms with Gasteiger partial charge in [0, 0.05) is 12.1 Å². The number of nitrogens with zero attached hydrogens (tertiary/aromatic N) is 1. The van der Waals surface area contributed by atoms with Crippen LogP contribution in [0, 0.1) is 5.82 Å². The molecule has 1 aliphatic rings. The number of rotatable bonds is 5. The average Bonchev–Trinajstić information content (AvgIpc) is 2.93. The van der Waals surface area contributed by atoms with Crippen LogP contribution in [0.1, 0.15) is 18.4 Å². The minimum absolute atomic E-state index is 0.119. The van der Waals surface area contributed by atoms with Gasteiger partial charge in [-0.2, -0.15) is 0 Å². The summed E-state index contributed by atoms with van der Waals surface area (Å²) in [7, 11) is 1.34. The molecule has 1 fully saturated rings. The predicted molar refractivity (Wildman–Crippen MR) is 74.9 cm³/mol. The summed E-state index contributed by atoms with van der Waals surface area (Å²) in [5, 5.41) is 2.67. The van der Waals surface area contributed by atoms with Gasteiger partial charge in [0.15, 0.2) is 0 Å². The maximum atomic E-state index is 13.4. The Labute approximate surface area is 123 Å². The summed E-state index contributed by atoms with van der Waals surface area (Å²) < 4.78 is 18.2. The molecular weight excluding hydrogens is 275 g/mol. The van der Waals surface area contributed by atoms with Gasteiger partial charge >= 0.3 is 5.97 Å². The maximum Gasteiger partial charge on any atom is 0.323 e. The number of carbonyl (C=O) groups excluding carboxylic acids is 2. The molecule has 1 amide bonds. The van der Waals surface area contributed by atoms with E-state index in [0.717, 1.165) is 6.42 Å². The van der Waals surface area contributed by atoms with Gasteiger partial charge in [0.2, 0.25) is 5.91 Å². The number of hydrogen-bond acceptors (Lipinski definition) is 4. The molecule has 0 aromatic heterocycles. The minimum Gasteiger partial charge on any atom is -0.468 e. The van der Waals surface area contributed by atoms with Crippen LogP contribution < -0.4 is 5.32 Å². The second kappa shape index (κ2) is 7.17. The molecular formula is C15H19FN2O3. The van der Waals surface area contributed by atoms with Crippen molar-refractivity contribution < 1.29 is 18.7 Å². The van der Waals surface area contributed by atoms with E-state index in [9.17, 15) is 14.0 Å². The number of ether oxygens (including phenoxy) is 1. The van der Waals surface area contributed by atoms with E-state index in [0.29, 0.717) is 18.5 Å². The summed E-state index contributed by atoms with van der Waals surface area (Å²) in [6.45, 7) is 0.948. The molecule has 0 bridgehead atoms. The van der Waals surface area contributed by atoms with Crippen molar-refractivity contribution in [3.05, 3.63) is 35.6 Å². The molecule has 0 aliphatic carbocycles. The first-order chi connectivity index (χ1) is 10.1. The Morgan fingerprint density at radius 1 is 1.43 bits per heavy atom. The lowest BCUT2D eigenvalue weighted by molar-refractivity contribution is -0.146. The number of nitrogens with one attached hydrogen (secondary N) is 1. The summed E-state index contributed by atoms with van der Waals surface area (Å²) >= 11 is 0. The molecule has 21 heavy (non-hydrogen) atoms. The number of amides is 1. The zero-order chi connectivity index (χ0) is 15.2. The lowest BCUT2D eigenvalue weighted by Crippen LogP contribution is -2.43. The summed E-state index contributed by atoms with van der Waals surface area (Å²) in [6, 6.07) is 5.96. The molecule has 1 heterocycles. The molecule has 5 nitrogen and oxygen atoms in total. The van der Waals surface area contributed by atoms with Crippen molar-refractivity contribution in [3.8, 4) is 0 Å². The highest BCUT2D eigenvalue weighted by Gasteiger charge is 2.32. The second-order valence-corrected chi connectivity index (χ2v) is 5.02. The molecule has 0 saturated carbocycles. The Balaban J connectivity index is 1.84. The summed E-state index contributed by atoms with van der Waals surface area (Å²) in [5.74, 6) is -0.880. The predicted octanol–water partition coefficient (Wildman–Crippen LogP) is 1.08. The standard InChI is InChI=1S/C15H19FN2O3/c1-21-15(20)13-7-4-8-18(13)10-14(19)17-9-11-5-2-3-6-12(11)16/h2-3,5-6,13H,4,7-10H2,1H3,(H,17,19). The van der Waals surface area contributed by atoms with Gasteiger partial charge < -0.3 is 10.1 Å². The molecule has 6 heteroatoms. The normalized spacial score (nSPS) is 18.5. The minimum atomic E-state index is -0.353. The van der Waals surface area contributed by atoms with Gasteiger partial charge in [-0.1, -0.05) is 18.2 Å². The quantitative estimate of drug-likeness (QED) is 0.826. The largest absolute Gasteiger partial charge is 0.468 e. The smallest absolute Gasteiger partial charge is 0.323 e. The highest BCUT2D eigenvalue weighted by molar-refractivity contribution is 5.80. The van der Waals surface area contributed by atoms with E-state index >= 15 is 0 Å². The fourth-order valence-electron chi connectivity index (χ4n) is 2.49. The molecule has 114 valence electrons. The number of hydrogen-bond donors (Lipinski definition) is 1. The first-order valence-electron chi connectivity index (χ1n) is 6.94. The van der Waals surface area contributed by atoms with Gasteiger partial charge in [0.1, 0.15) is 11.9 Å². The third-order valence-electron chi connectivity index (χ3n) is 3.62. The van der Waals surface area contributed by atoms with Gasteiger partial charge in [-0.3, -0.25) is 14.5 Å². The lowest BCUT2D eigenvalue weighted by atomic mass is 10.2. The molecule has 1 saturated heterocycles. The van der Waals surface area contributed by atoms with Crippen LogP contribution in [0.2, 0.25) is 0 Å². The van der Waals surface area contributed by atoms with Crippen molar-refractivity contribution in [2.24, 2.45) is 0 Å². The Morgan fingerprint density at radius 3 is 2.90 bits per heavy atom. The number of methoxy groups -OCH3 is 1. The Morgan fingerprint density at radius 2 is 2.19 bits per heavy atom. The van der Waals surface area contributed by atoms with Crippen LogP contribution in [-0.4, -0.2) is 43.0 Å². The number of benzene rings is 1. The fraction of sp³-hybridized carbons (Fsp3) is 0.467. The first-order valence-corrected chi connectivity index (χ1v) is 6.94. The van der Waals surface area contributed by atoms with Crippen molar-refractivity contribution >= 4 is 11.9 Å². The van der Waals surface area contributed by atoms with E-state index in [1.54, 1.807) is 23.1 Å². The van der Waals surface area contributed by atoms with E-state index in [2.05, 4.69) is 5.32 Å². The third kappa shape index (κ3) is 4.01. The monoisotopic (exact) mass is 294 g/mol. The fourth-order valence-corrected chi connectivity index (χ4v) is 2.49. The first kappa shape index (κ1) is 15.4. The third-order valence-corrected chi connectivity index (χ3v) is 3.62. The van der Waals surface area contributed by atoms with Gasteiger partial charge in [0.05, 0.1) is 13.7 Å². The highest BCUT2D eigenvalue weighted by atomic mass is 19.1. The number of halogens is 1. The molecule has 1 aliphatic heterocycles. The van der Waals surface area contributed by atoms with Gasteiger partial charge in [-0.15, -0.1) is 0 Å². The summed E-state index contributed by atoms with van der Waals surface area (Å²) in [5.41, 5.74) is 0.441. The van der Waals surface area contributed by atoms with E-state index in [1.165, 1.54) is 13.2 Å². The van der Waals surface area contributed by atoms with Crippen molar-refractivity contribution in [3.63, 3.8) is 0 Å². The van der Waals surface area contributed by atoms with Crippen molar-refractivity contribution in [2.45, 2.75) is 25.4 Å². The zero-order valence-corrected chi connectivity index (χ0v) is 12.0. The van der Waals surface area contributed by atoms with Crippen LogP contribution in [0.4, 0.5) is 4.39 Å². The average molecular weight is 294 g/mol. The molecule has 1 unspecified atom stereocenters. The van der Waals surface area contributed by atoms with Crippen molar-refractivity contribution in [2.75, 3.05) is 20.2 Å². The molecule has 0 spiro atoms. The van der Waals surface area contributed by atoms with Gasteiger partial charge in [-0.25, -0.2) is 4.39 Å². The van der Waals surface area contributed by atoms with Crippen LogP contribution in [0.5, 0.6) is 0 Å². The molecule has 1 aromatic carbocycles. The van der Waals surface area contributed by atoms with Crippen molar-refractivity contribution in [1.82, 2.24) is 10.2 Å². The maximum absolute atomic E-state index is 13.4. The van der Waals surface area contributed by atoms with Crippen LogP contribution in [-0.2, 0) is 20.9 Å². The SMILES string of the molecule is COC(=O)C1CCCN1CC(=O)NCc1ccccc1F. The van der Waals surface area contributed by atoms with Crippen LogP contribution in [0.25, 0.3) is 0 Å². The second-order valence-electron chi connectivity index (χ2n) is 5.02. The van der Waals surface area contributed by atoms with Crippen LogP contribution in [0.3, 0.4) is 0 Å². The van der Waals surface area contributed by atoms with Gasteiger partial charge in [0.25, 0.3) is 0 Å². The molecule has 0 radical (unpaired) electrons. The highest BCUT2D eigenvalue weighted by Crippen LogP contribution is 2.17. The number of esters is 1. The summed E-state index contributed by atoms with van der Waals surface area (Å²) in [6.07, 6.45) is 1.56. The van der Waals surface area contributed by atoms with E-state index in [4.69, 9.17) is 4.74 Å². The Kier molecular flexibility index (Phi) is 5.27. The van der Waals surface area contributed by atoms with Crippen molar-refractivity contribution in [1.29, 1.82) is 0 Å². The lowest BCUT2D eigenvalue weighted by Gasteiger charge is -2.21. The zero-order valence-electron chi connectivity index (χ0n) is 12.0. The topological polar surface area (TPSA) is 58.6 Å². The van der Waals surface area contributed by atoms with Crippen LogP contribution >= 0.6 is 0 Å². The molecule has 1 N–H and O–H groups in total. The number of carbonyl (C=O) groups is 2. The van der Waals surface area contributed by atoms with Gasteiger partial charge in [-0.05, 0) is 25.5 Å². The Hall–Kier alpha value is -1.95. The summed E-state index contributed by atoms with van der Waals surface area (Å²) in [4.78, 5) is 25.3. The number of likely N-dealkylation sites (tertiary alicyclic amines) is 1. The van der Waals surface area contributed by atoms with E-state index in [1.807, 2.05) is 0 Å². The molecule has 1 aromatic rings. The molecule has 1 atom stereocenters. The van der Waals surface area contributed by atoms with E-state index in [-0.39, 0.29) is 36.8 Å². The van der Waals surface area contributed by atoms with Crippen LogP contribution in [0.15, 0.2) is 24.3 Å².